The van der Waals surface area contributed by atoms with Crippen molar-refractivity contribution in [2.75, 3.05) is 0 Å². The molecule has 0 aliphatic heterocycles. The van der Waals surface area contributed by atoms with Crippen molar-refractivity contribution in [1.82, 2.24) is 14.6 Å². The topological polar surface area (TPSA) is 47.3 Å². The van der Waals surface area contributed by atoms with E-state index in [-0.39, 0.29) is 5.56 Å². The van der Waals surface area contributed by atoms with Gasteiger partial charge in [-0.15, -0.1) is 0 Å². The quantitative estimate of drug-likeness (QED) is 0.584. The van der Waals surface area contributed by atoms with Gasteiger partial charge in [-0.05, 0) is 24.1 Å². The van der Waals surface area contributed by atoms with Gasteiger partial charge in [0.1, 0.15) is 5.01 Å². The Morgan fingerprint density at radius 2 is 1.73 bits per heavy atom. The van der Waals surface area contributed by atoms with Crippen LogP contribution in [0, 0.1) is 0 Å². The molecule has 108 valence electrons. The third-order valence-corrected chi connectivity index (χ3v) is 4.58. The van der Waals surface area contributed by atoms with Crippen LogP contribution in [0.15, 0.2) is 59.4 Å². The molecule has 4 rings (SSSR count). The van der Waals surface area contributed by atoms with Crippen molar-refractivity contribution in [3.8, 4) is 0 Å². The van der Waals surface area contributed by atoms with E-state index in [2.05, 4.69) is 22.2 Å². The first-order valence-electron chi connectivity index (χ1n) is 7.13. The van der Waals surface area contributed by atoms with E-state index in [9.17, 15) is 4.79 Å². The highest BCUT2D eigenvalue weighted by molar-refractivity contribution is 7.16. The lowest BCUT2D eigenvalue weighted by atomic mass is 10.1. The molecule has 0 fully saturated rings. The van der Waals surface area contributed by atoms with E-state index in [4.69, 9.17) is 0 Å². The van der Waals surface area contributed by atoms with Crippen LogP contribution in [-0.2, 0) is 12.8 Å². The molecule has 0 spiro atoms. The fourth-order valence-electron chi connectivity index (χ4n) is 2.49. The molecule has 0 unspecified atom stereocenters. The highest BCUT2D eigenvalue weighted by atomic mass is 32.1. The van der Waals surface area contributed by atoms with Gasteiger partial charge in [-0.25, -0.2) is 4.98 Å². The summed E-state index contributed by atoms with van der Waals surface area (Å²) in [5, 5.41) is 5.98. The molecule has 2 aromatic carbocycles. The maximum Gasteiger partial charge on any atom is 0.283 e. The third-order valence-electron chi connectivity index (χ3n) is 3.62. The van der Waals surface area contributed by atoms with Crippen molar-refractivity contribution in [3.63, 3.8) is 0 Å². The number of rotatable bonds is 3. The number of para-hydroxylation sites is 1. The van der Waals surface area contributed by atoms with Gasteiger partial charge in [0.05, 0.1) is 10.9 Å². The molecule has 0 aliphatic carbocycles. The average molecular weight is 307 g/mol. The molecule has 2 heterocycles. The molecule has 5 heteroatoms. The van der Waals surface area contributed by atoms with Gasteiger partial charge in [0.15, 0.2) is 0 Å². The number of benzene rings is 2. The van der Waals surface area contributed by atoms with Crippen LogP contribution in [0.4, 0.5) is 0 Å². The second-order valence-electron chi connectivity index (χ2n) is 5.11. The minimum Gasteiger partial charge on any atom is -0.267 e. The van der Waals surface area contributed by atoms with Crippen molar-refractivity contribution in [3.05, 3.63) is 75.5 Å². The van der Waals surface area contributed by atoms with Gasteiger partial charge >= 0.3 is 0 Å². The minimum absolute atomic E-state index is 0.0946. The molecule has 0 radical (unpaired) electrons. The van der Waals surface area contributed by atoms with Gasteiger partial charge in [-0.2, -0.15) is 9.61 Å². The van der Waals surface area contributed by atoms with Crippen LogP contribution in [0.2, 0.25) is 0 Å². The fraction of sp³-hybridized carbons (Fsp3) is 0.118. The summed E-state index contributed by atoms with van der Waals surface area (Å²) >= 11 is 1.49. The largest absolute Gasteiger partial charge is 0.283 e. The number of aromatic nitrogens is 3. The summed E-state index contributed by atoms with van der Waals surface area (Å²) in [6.45, 7) is 0. The maximum absolute atomic E-state index is 12.4. The smallest absolute Gasteiger partial charge is 0.267 e. The first kappa shape index (κ1) is 13.2. The zero-order chi connectivity index (χ0) is 14.9. The minimum atomic E-state index is -0.0946. The average Bonchev–Trinajstić information content (AvgIpc) is 2.97. The van der Waals surface area contributed by atoms with E-state index in [1.165, 1.54) is 21.4 Å². The van der Waals surface area contributed by atoms with Gasteiger partial charge in [-0.1, -0.05) is 53.8 Å². The molecule has 22 heavy (non-hydrogen) atoms. The number of fused-ring (bicyclic) bond motifs is 2. The van der Waals surface area contributed by atoms with E-state index in [0.717, 1.165) is 23.4 Å². The molecule has 0 N–H and O–H groups in total. The number of hydrogen-bond acceptors (Lipinski definition) is 4. The summed E-state index contributed by atoms with van der Waals surface area (Å²) in [7, 11) is 0. The van der Waals surface area contributed by atoms with Crippen molar-refractivity contribution in [2.45, 2.75) is 12.8 Å². The van der Waals surface area contributed by atoms with Crippen LogP contribution in [0.25, 0.3) is 15.9 Å². The zero-order valence-electron chi connectivity index (χ0n) is 11.8. The van der Waals surface area contributed by atoms with Crippen molar-refractivity contribution >= 4 is 27.2 Å². The Bertz CT molecular complexity index is 1000. The van der Waals surface area contributed by atoms with Crippen LogP contribution in [0.5, 0.6) is 0 Å². The van der Waals surface area contributed by atoms with Crippen molar-refractivity contribution in [1.29, 1.82) is 0 Å². The van der Waals surface area contributed by atoms with Gasteiger partial charge in [0, 0.05) is 6.42 Å². The Labute approximate surface area is 130 Å². The number of aryl methyl sites for hydroxylation is 2. The second-order valence-corrected chi connectivity index (χ2v) is 6.15. The summed E-state index contributed by atoms with van der Waals surface area (Å²) in [5.74, 6) is 0. The Balaban J connectivity index is 1.73. The van der Waals surface area contributed by atoms with Crippen molar-refractivity contribution in [2.24, 2.45) is 0 Å². The van der Waals surface area contributed by atoms with Gasteiger partial charge in [0.25, 0.3) is 5.56 Å². The molecule has 0 aliphatic rings. The van der Waals surface area contributed by atoms with Crippen LogP contribution in [0.3, 0.4) is 0 Å². The summed E-state index contributed by atoms with van der Waals surface area (Å²) < 4.78 is 1.42. The number of nitrogens with zero attached hydrogens (tertiary/aromatic N) is 3. The summed E-state index contributed by atoms with van der Waals surface area (Å²) in [4.78, 5) is 17.6. The maximum atomic E-state index is 12.4. The monoisotopic (exact) mass is 307 g/mol. The van der Waals surface area contributed by atoms with Gasteiger partial charge in [0.2, 0.25) is 4.96 Å². The highest BCUT2D eigenvalue weighted by Crippen LogP contribution is 2.16. The standard InChI is InChI=1S/C17H13N3OS/c21-16-13-8-4-5-9-14(13)18-17-20(16)19-15(22-17)11-10-12-6-2-1-3-7-12/h1-9H,10-11H2. The molecule has 4 nitrogen and oxygen atoms in total. The van der Waals surface area contributed by atoms with E-state index in [1.807, 2.05) is 36.4 Å². The third kappa shape index (κ3) is 2.29. The first-order valence-corrected chi connectivity index (χ1v) is 7.94. The summed E-state index contributed by atoms with van der Waals surface area (Å²) in [6.07, 6.45) is 1.72. The highest BCUT2D eigenvalue weighted by Gasteiger charge is 2.10. The summed E-state index contributed by atoms with van der Waals surface area (Å²) in [6, 6.07) is 17.7. The Morgan fingerprint density at radius 1 is 0.955 bits per heavy atom. The van der Waals surface area contributed by atoms with Crippen LogP contribution in [0.1, 0.15) is 10.6 Å². The molecular weight excluding hydrogens is 294 g/mol. The van der Waals surface area contributed by atoms with Crippen molar-refractivity contribution < 1.29 is 0 Å². The van der Waals surface area contributed by atoms with E-state index < -0.39 is 0 Å². The number of hydrogen-bond donors (Lipinski definition) is 0. The molecule has 0 bridgehead atoms. The first-order chi connectivity index (χ1) is 10.8. The Hall–Kier alpha value is -2.53. The van der Waals surface area contributed by atoms with Crippen LogP contribution in [-0.4, -0.2) is 14.6 Å². The van der Waals surface area contributed by atoms with Crippen LogP contribution < -0.4 is 5.56 Å². The van der Waals surface area contributed by atoms with E-state index >= 15 is 0 Å². The molecular formula is C17H13N3OS. The Kier molecular flexibility index (Phi) is 3.20. The molecule has 4 aromatic rings. The molecule has 0 saturated heterocycles. The van der Waals surface area contributed by atoms with E-state index in [0.29, 0.717) is 10.3 Å². The fourth-order valence-corrected chi connectivity index (χ4v) is 3.38. The summed E-state index contributed by atoms with van der Waals surface area (Å²) in [5.41, 5.74) is 1.90. The lowest BCUT2D eigenvalue weighted by Gasteiger charge is -1.97. The van der Waals surface area contributed by atoms with Gasteiger partial charge in [-0.3, -0.25) is 4.79 Å². The Morgan fingerprint density at radius 3 is 2.59 bits per heavy atom. The normalized spacial score (nSPS) is 11.3. The molecule has 0 atom stereocenters. The van der Waals surface area contributed by atoms with Crippen LogP contribution >= 0.6 is 11.3 Å². The van der Waals surface area contributed by atoms with Gasteiger partial charge < -0.3 is 0 Å². The predicted molar refractivity (Wildman–Crippen MR) is 88.5 cm³/mol. The molecule has 2 aromatic heterocycles. The second kappa shape index (κ2) is 5.35. The predicted octanol–water partition coefficient (Wildman–Crippen LogP) is 3.09. The molecule has 0 amide bonds. The zero-order valence-corrected chi connectivity index (χ0v) is 12.6. The van der Waals surface area contributed by atoms with E-state index in [1.54, 1.807) is 6.07 Å². The lowest BCUT2D eigenvalue weighted by molar-refractivity contribution is 0.841. The molecule has 0 saturated carbocycles. The SMILES string of the molecule is O=c1c2ccccc2nc2sc(CCc3ccccc3)nn12. The lowest BCUT2D eigenvalue weighted by Crippen LogP contribution is -2.15.